The van der Waals surface area contributed by atoms with Gasteiger partial charge in [0.15, 0.2) is 5.11 Å². The number of hydrazone groups is 1. The summed E-state index contributed by atoms with van der Waals surface area (Å²) in [6, 6.07) is 10.6. The SMILES string of the molecule is Cc1ccc(N2CCN(c3cc(N4CC[C@@H](N(C)C)C4)c(C=NNC(N)=S)cc3F)CC2)cc1C. The lowest BCUT2D eigenvalue weighted by atomic mass is 10.1. The molecule has 2 aromatic carbocycles. The summed E-state index contributed by atoms with van der Waals surface area (Å²) >= 11 is 4.84. The first-order valence-corrected chi connectivity index (χ1v) is 12.5. The number of likely N-dealkylation sites (N-methyl/N-ethyl adjacent to an activating group) is 1. The summed E-state index contributed by atoms with van der Waals surface area (Å²) in [5, 5.41) is 4.18. The number of thiocarbonyl (C=S) groups is 1. The van der Waals surface area contributed by atoms with E-state index in [1.165, 1.54) is 16.8 Å². The van der Waals surface area contributed by atoms with Gasteiger partial charge < -0.3 is 25.3 Å². The van der Waals surface area contributed by atoms with Gasteiger partial charge in [0.05, 0.1) is 11.9 Å². The van der Waals surface area contributed by atoms with Gasteiger partial charge in [-0.1, -0.05) is 6.07 Å². The van der Waals surface area contributed by atoms with Crippen LogP contribution in [0.4, 0.5) is 21.5 Å². The van der Waals surface area contributed by atoms with Gasteiger partial charge in [0.2, 0.25) is 0 Å². The molecule has 2 fully saturated rings. The second-order valence-corrected chi connectivity index (χ2v) is 10.1. The van der Waals surface area contributed by atoms with Crippen molar-refractivity contribution in [2.75, 3.05) is 68.1 Å². The van der Waals surface area contributed by atoms with Crippen LogP contribution in [0.15, 0.2) is 35.4 Å². The minimum Gasteiger partial charge on any atom is -0.375 e. The van der Waals surface area contributed by atoms with Crippen LogP contribution in [0.5, 0.6) is 0 Å². The smallest absolute Gasteiger partial charge is 0.184 e. The lowest BCUT2D eigenvalue weighted by Gasteiger charge is -2.38. The molecule has 3 N–H and O–H groups in total. The quantitative estimate of drug-likeness (QED) is 0.361. The molecule has 2 aliphatic heterocycles. The van der Waals surface area contributed by atoms with Crippen molar-refractivity contribution in [2.45, 2.75) is 26.3 Å². The van der Waals surface area contributed by atoms with E-state index in [1.54, 1.807) is 12.3 Å². The minimum atomic E-state index is -0.242. The van der Waals surface area contributed by atoms with Gasteiger partial charge in [-0.25, -0.2) is 4.39 Å². The molecule has 0 unspecified atom stereocenters. The topological polar surface area (TPSA) is 63.4 Å². The van der Waals surface area contributed by atoms with Crippen molar-refractivity contribution in [1.82, 2.24) is 10.3 Å². The van der Waals surface area contributed by atoms with Crippen molar-refractivity contribution in [2.24, 2.45) is 10.8 Å². The van der Waals surface area contributed by atoms with Gasteiger partial charge in [-0.05, 0) is 82.0 Å². The van der Waals surface area contributed by atoms with Crippen LogP contribution in [0.1, 0.15) is 23.1 Å². The molecule has 2 heterocycles. The number of benzene rings is 2. The van der Waals surface area contributed by atoms with E-state index in [2.05, 4.69) is 76.3 Å². The summed E-state index contributed by atoms with van der Waals surface area (Å²) in [7, 11) is 4.21. The second-order valence-electron chi connectivity index (χ2n) is 9.69. The fourth-order valence-corrected chi connectivity index (χ4v) is 4.91. The maximum Gasteiger partial charge on any atom is 0.184 e. The molecular weight excluding hydrogens is 461 g/mol. The van der Waals surface area contributed by atoms with Crippen LogP contribution in [-0.2, 0) is 0 Å². The summed E-state index contributed by atoms with van der Waals surface area (Å²) < 4.78 is 15.4. The van der Waals surface area contributed by atoms with Crippen LogP contribution in [0.3, 0.4) is 0 Å². The molecule has 0 radical (unpaired) electrons. The fraction of sp³-hybridized carbons (Fsp3) is 0.462. The molecule has 0 amide bonds. The Kier molecular flexibility index (Phi) is 7.76. The summed E-state index contributed by atoms with van der Waals surface area (Å²) in [6.45, 7) is 9.32. The van der Waals surface area contributed by atoms with Crippen molar-refractivity contribution in [1.29, 1.82) is 0 Å². The highest BCUT2D eigenvalue weighted by Gasteiger charge is 2.28. The van der Waals surface area contributed by atoms with Gasteiger partial charge in [-0.3, -0.25) is 5.43 Å². The van der Waals surface area contributed by atoms with Crippen molar-refractivity contribution in [3.8, 4) is 0 Å². The molecule has 0 aliphatic carbocycles. The number of halogens is 1. The summed E-state index contributed by atoms with van der Waals surface area (Å²) in [4.78, 5) is 9.11. The number of nitrogens with zero attached hydrogens (tertiary/aromatic N) is 5. The molecule has 4 rings (SSSR count). The monoisotopic (exact) mass is 497 g/mol. The van der Waals surface area contributed by atoms with Crippen molar-refractivity contribution < 1.29 is 4.39 Å². The zero-order chi connectivity index (χ0) is 25.1. The summed E-state index contributed by atoms with van der Waals surface area (Å²) in [5.74, 6) is -0.242. The molecule has 0 aromatic heterocycles. The Bertz CT molecular complexity index is 1100. The molecule has 188 valence electrons. The number of rotatable bonds is 6. The number of nitrogens with one attached hydrogen (secondary N) is 1. The molecular formula is C26H36FN7S. The molecule has 7 nitrogen and oxygen atoms in total. The third kappa shape index (κ3) is 5.85. The lowest BCUT2D eigenvalue weighted by Crippen LogP contribution is -2.47. The third-order valence-electron chi connectivity index (χ3n) is 7.18. The third-order valence-corrected chi connectivity index (χ3v) is 7.28. The van der Waals surface area contributed by atoms with E-state index < -0.39 is 0 Å². The van der Waals surface area contributed by atoms with Crippen LogP contribution >= 0.6 is 12.2 Å². The molecule has 9 heteroatoms. The number of aryl methyl sites for hydroxylation is 2. The Balaban J connectivity index is 1.56. The Hall–Kier alpha value is -2.91. The first-order chi connectivity index (χ1) is 16.7. The zero-order valence-corrected chi connectivity index (χ0v) is 21.9. The van der Waals surface area contributed by atoms with Crippen LogP contribution < -0.4 is 25.9 Å². The van der Waals surface area contributed by atoms with Gasteiger partial charge in [0, 0.05) is 62.2 Å². The Morgan fingerprint density at radius 1 is 1.03 bits per heavy atom. The number of nitrogens with two attached hydrogens (primary N) is 1. The van der Waals surface area contributed by atoms with E-state index in [1.807, 2.05) is 6.07 Å². The minimum absolute atomic E-state index is 0.0791. The van der Waals surface area contributed by atoms with Crippen LogP contribution in [0, 0.1) is 19.7 Å². The number of anilines is 3. The maximum atomic E-state index is 15.4. The summed E-state index contributed by atoms with van der Waals surface area (Å²) in [6.07, 6.45) is 2.66. The molecule has 0 saturated carbocycles. The van der Waals surface area contributed by atoms with Gasteiger partial charge >= 0.3 is 0 Å². The standard InChI is InChI=1S/C26H36FN7S/c1-18-5-6-21(13-19(18)2)32-9-11-33(12-10-32)25-15-24(34-8-7-22(17-34)31(3)4)20(14-23(25)27)16-29-30-26(28)35/h5-6,13-16,22H,7-12,17H2,1-4H3,(H3,28,30,35)/t22-/m1/s1. The Labute approximate surface area is 213 Å². The van der Waals surface area contributed by atoms with E-state index >= 15 is 4.39 Å². The van der Waals surface area contributed by atoms with E-state index in [0.717, 1.165) is 51.4 Å². The highest BCUT2D eigenvalue weighted by molar-refractivity contribution is 7.80. The van der Waals surface area contributed by atoms with E-state index in [9.17, 15) is 0 Å². The maximum absolute atomic E-state index is 15.4. The molecule has 0 bridgehead atoms. The van der Waals surface area contributed by atoms with E-state index in [-0.39, 0.29) is 10.9 Å². The highest BCUT2D eigenvalue weighted by Crippen LogP contribution is 2.33. The number of hydrogen-bond donors (Lipinski definition) is 2. The normalized spacial score (nSPS) is 18.7. The van der Waals surface area contributed by atoms with Crippen LogP contribution in [0.25, 0.3) is 0 Å². The molecule has 35 heavy (non-hydrogen) atoms. The number of piperazine rings is 1. The fourth-order valence-electron chi connectivity index (χ4n) is 4.86. The van der Waals surface area contributed by atoms with Gasteiger partial charge in [0.1, 0.15) is 5.82 Å². The first kappa shape index (κ1) is 25.2. The van der Waals surface area contributed by atoms with Gasteiger partial charge in [0.25, 0.3) is 0 Å². The van der Waals surface area contributed by atoms with Crippen molar-refractivity contribution in [3.05, 3.63) is 52.8 Å². The van der Waals surface area contributed by atoms with Gasteiger partial charge in [-0.2, -0.15) is 5.10 Å². The summed E-state index contributed by atoms with van der Waals surface area (Å²) in [5.41, 5.74) is 14.2. The molecule has 2 aliphatic rings. The predicted octanol–water partition coefficient (Wildman–Crippen LogP) is 3.08. The lowest BCUT2D eigenvalue weighted by molar-refractivity contribution is 0.315. The molecule has 0 spiro atoms. The average Bonchev–Trinajstić information content (AvgIpc) is 3.31. The largest absolute Gasteiger partial charge is 0.375 e. The molecule has 1 atom stereocenters. The molecule has 2 saturated heterocycles. The first-order valence-electron chi connectivity index (χ1n) is 12.1. The van der Waals surface area contributed by atoms with Crippen molar-refractivity contribution in [3.63, 3.8) is 0 Å². The van der Waals surface area contributed by atoms with Gasteiger partial charge in [-0.15, -0.1) is 0 Å². The van der Waals surface area contributed by atoms with E-state index in [4.69, 9.17) is 18.0 Å². The van der Waals surface area contributed by atoms with Crippen LogP contribution in [0.2, 0.25) is 0 Å². The number of hydrogen-bond acceptors (Lipinski definition) is 6. The highest BCUT2D eigenvalue weighted by atomic mass is 32.1. The van der Waals surface area contributed by atoms with Crippen molar-refractivity contribution >= 4 is 40.6 Å². The second kappa shape index (κ2) is 10.8. The Morgan fingerprint density at radius 2 is 1.74 bits per heavy atom. The molecule has 2 aromatic rings. The van der Waals surface area contributed by atoms with Crippen LogP contribution in [-0.4, -0.2) is 75.6 Å². The van der Waals surface area contributed by atoms with E-state index in [0.29, 0.717) is 17.3 Å². The Morgan fingerprint density at radius 3 is 2.37 bits per heavy atom. The average molecular weight is 498 g/mol. The predicted molar refractivity (Wildman–Crippen MR) is 149 cm³/mol. The zero-order valence-electron chi connectivity index (χ0n) is 21.1.